The number of methoxy groups -OCH3 is 2. The molecule has 2 aromatic rings. The zero-order chi connectivity index (χ0) is 14.4. The Balaban J connectivity index is 1.91. The van der Waals surface area contributed by atoms with Crippen molar-refractivity contribution in [1.82, 2.24) is 5.32 Å². The first-order valence-corrected chi connectivity index (χ1v) is 7.18. The second-order valence-electron chi connectivity index (χ2n) is 4.41. The molecule has 0 fully saturated rings. The van der Waals surface area contributed by atoms with Crippen molar-refractivity contribution in [3.8, 4) is 11.5 Å². The summed E-state index contributed by atoms with van der Waals surface area (Å²) in [7, 11) is 3.35. The smallest absolute Gasteiger partial charge is 0.119 e. The van der Waals surface area contributed by atoms with E-state index in [0.29, 0.717) is 0 Å². The Morgan fingerprint density at radius 2 is 1.55 bits per heavy atom. The van der Waals surface area contributed by atoms with Crippen molar-refractivity contribution >= 4 is 15.9 Å². The largest absolute Gasteiger partial charge is 0.497 e. The van der Waals surface area contributed by atoms with Crippen molar-refractivity contribution in [2.75, 3.05) is 14.2 Å². The predicted octanol–water partition coefficient (Wildman–Crippen LogP) is 3.76. The number of ether oxygens (including phenoxy) is 2. The molecule has 0 bridgehead atoms. The third-order valence-corrected chi connectivity index (χ3v) is 3.83. The molecule has 0 atom stereocenters. The van der Waals surface area contributed by atoms with Crippen molar-refractivity contribution in [3.63, 3.8) is 0 Å². The van der Waals surface area contributed by atoms with E-state index in [1.165, 1.54) is 11.1 Å². The van der Waals surface area contributed by atoms with Crippen LogP contribution in [0.3, 0.4) is 0 Å². The summed E-state index contributed by atoms with van der Waals surface area (Å²) in [6, 6.07) is 14.0. The zero-order valence-corrected chi connectivity index (χ0v) is 13.2. The number of hydrogen-bond acceptors (Lipinski definition) is 3. The Morgan fingerprint density at radius 1 is 0.900 bits per heavy atom. The van der Waals surface area contributed by atoms with Gasteiger partial charge in [-0.25, -0.2) is 0 Å². The number of hydrogen-bond donors (Lipinski definition) is 1. The minimum Gasteiger partial charge on any atom is -0.497 e. The maximum absolute atomic E-state index is 5.24. The molecule has 106 valence electrons. The van der Waals surface area contributed by atoms with Crippen LogP contribution in [0.4, 0.5) is 0 Å². The van der Waals surface area contributed by atoms with Crippen LogP contribution < -0.4 is 14.8 Å². The summed E-state index contributed by atoms with van der Waals surface area (Å²) < 4.78 is 11.5. The first-order valence-electron chi connectivity index (χ1n) is 6.39. The van der Waals surface area contributed by atoms with Crippen LogP contribution in [0.2, 0.25) is 0 Å². The van der Waals surface area contributed by atoms with Crippen molar-refractivity contribution < 1.29 is 9.47 Å². The SMILES string of the molecule is COc1ccc(CNCc2cc(OC)ccc2Br)cc1. The summed E-state index contributed by atoms with van der Waals surface area (Å²) >= 11 is 3.55. The highest BCUT2D eigenvalue weighted by molar-refractivity contribution is 9.10. The Kier molecular flexibility index (Phi) is 5.44. The highest BCUT2D eigenvalue weighted by Gasteiger charge is 2.02. The molecule has 0 heterocycles. The topological polar surface area (TPSA) is 30.5 Å². The average molecular weight is 336 g/mol. The van der Waals surface area contributed by atoms with E-state index >= 15 is 0 Å². The minimum absolute atomic E-state index is 0.782. The molecular weight excluding hydrogens is 318 g/mol. The zero-order valence-electron chi connectivity index (χ0n) is 11.7. The molecule has 1 N–H and O–H groups in total. The van der Waals surface area contributed by atoms with E-state index in [9.17, 15) is 0 Å². The van der Waals surface area contributed by atoms with Gasteiger partial charge in [-0.15, -0.1) is 0 Å². The lowest BCUT2D eigenvalue weighted by Gasteiger charge is -2.09. The molecule has 20 heavy (non-hydrogen) atoms. The molecule has 0 aromatic heterocycles. The Hall–Kier alpha value is -1.52. The Bertz CT molecular complexity index is 555. The average Bonchev–Trinajstić information content (AvgIpc) is 2.50. The first kappa shape index (κ1) is 14.9. The van der Waals surface area contributed by atoms with Gasteiger partial charge in [0.1, 0.15) is 11.5 Å². The Labute approximate surface area is 128 Å². The Morgan fingerprint density at radius 3 is 2.20 bits per heavy atom. The highest BCUT2D eigenvalue weighted by Crippen LogP contribution is 2.22. The van der Waals surface area contributed by atoms with E-state index in [1.54, 1.807) is 14.2 Å². The number of benzene rings is 2. The monoisotopic (exact) mass is 335 g/mol. The standard InChI is InChI=1S/C16H18BrNO2/c1-19-14-5-3-12(4-6-14)10-18-11-13-9-15(20-2)7-8-16(13)17/h3-9,18H,10-11H2,1-2H3. The van der Waals surface area contributed by atoms with Crippen LogP contribution in [0.5, 0.6) is 11.5 Å². The summed E-state index contributed by atoms with van der Waals surface area (Å²) in [6.07, 6.45) is 0. The van der Waals surface area contributed by atoms with Gasteiger partial charge >= 0.3 is 0 Å². The lowest BCUT2D eigenvalue weighted by Crippen LogP contribution is -2.13. The van der Waals surface area contributed by atoms with Crippen LogP contribution in [0.15, 0.2) is 46.9 Å². The summed E-state index contributed by atoms with van der Waals surface area (Å²) in [6.45, 7) is 1.59. The fourth-order valence-electron chi connectivity index (χ4n) is 1.90. The van der Waals surface area contributed by atoms with Gasteiger partial charge in [0.15, 0.2) is 0 Å². The lowest BCUT2D eigenvalue weighted by atomic mass is 10.2. The third kappa shape index (κ3) is 3.99. The van der Waals surface area contributed by atoms with Gasteiger partial charge < -0.3 is 14.8 Å². The van der Waals surface area contributed by atoms with E-state index in [-0.39, 0.29) is 0 Å². The normalized spacial score (nSPS) is 10.3. The third-order valence-electron chi connectivity index (χ3n) is 3.06. The maximum atomic E-state index is 5.24. The second kappa shape index (κ2) is 7.31. The number of halogens is 1. The fourth-order valence-corrected chi connectivity index (χ4v) is 2.29. The van der Waals surface area contributed by atoms with Gasteiger partial charge in [0.2, 0.25) is 0 Å². The van der Waals surface area contributed by atoms with Crippen molar-refractivity contribution in [3.05, 3.63) is 58.1 Å². The minimum atomic E-state index is 0.782. The summed E-state index contributed by atoms with van der Waals surface area (Å²) in [5.74, 6) is 1.75. The van der Waals surface area contributed by atoms with Gasteiger partial charge in [0, 0.05) is 17.6 Å². The number of nitrogens with one attached hydrogen (secondary N) is 1. The van der Waals surface area contributed by atoms with E-state index in [2.05, 4.69) is 33.4 Å². The van der Waals surface area contributed by atoms with Crippen LogP contribution in [0, 0.1) is 0 Å². The fraction of sp³-hybridized carbons (Fsp3) is 0.250. The molecule has 0 saturated carbocycles. The highest BCUT2D eigenvalue weighted by atomic mass is 79.9. The van der Waals surface area contributed by atoms with Gasteiger partial charge in [0.05, 0.1) is 14.2 Å². The maximum Gasteiger partial charge on any atom is 0.119 e. The molecule has 3 nitrogen and oxygen atoms in total. The lowest BCUT2D eigenvalue weighted by molar-refractivity contribution is 0.413. The molecule has 0 amide bonds. The van der Waals surface area contributed by atoms with Crippen LogP contribution in [0.25, 0.3) is 0 Å². The van der Waals surface area contributed by atoms with Gasteiger partial charge in [-0.2, -0.15) is 0 Å². The van der Waals surface area contributed by atoms with Crippen LogP contribution in [-0.4, -0.2) is 14.2 Å². The van der Waals surface area contributed by atoms with Gasteiger partial charge in [0.25, 0.3) is 0 Å². The van der Waals surface area contributed by atoms with Crippen LogP contribution in [-0.2, 0) is 13.1 Å². The van der Waals surface area contributed by atoms with E-state index in [0.717, 1.165) is 29.1 Å². The summed E-state index contributed by atoms with van der Waals surface area (Å²) in [5, 5.41) is 3.42. The van der Waals surface area contributed by atoms with Crippen LogP contribution >= 0.6 is 15.9 Å². The molecule has 4 heteroatoms. The van der Waals surface area contributed by atoms with Crippen molar-refractivity contribution in [2.24, 2.45) is 0 Å². The number of rotatable bonds is 6. The van der Waals surface area contributed by atoms with E-state index < -0.39 is 0 Å². The molecule has 0 aliphatic rings. The van der Waals surface area contributed by atoms with E-state index in [4.69, 9.17) is 9.47 Å². The molecule has 0 aliphatic carbocycles. The quantitative estimate of drug-likeness (QED) is 0.871. The molecule has 2 rings (SSSR count). The van der Waals surface area contributed by atoms with E-state index in [1.807, 2.05) is 30.3 Å². The molecule has 0 unspecified atom stereocenters. The molecule has 2 aromatic carbocycles. The second-order valence-corrected chi connectivity index (χ2v) is 5.26. The molecule has 0 saturated heterocycles. The molecule has 0 spiro atoms. The summed E-state index contributed by atoms with van der Waals surface area (Å²) in [5.41, 5.74) is 2.41. The van der Waals surface area contributed by atoms with Crippen molar-refractivity contribution in [2.45, 2.75) is 13.1 Å². The first-order chi connectivity index (χ1) is 9.72. The van der Waals surface area contributed by atoms with Gasteiger partial charge in [-0.3, -0.25) is 0 Å². The van der Waals surface area contributed by atoms with Crippen molar-refractivity contribution in [1.29, 1.82) is 0 Å². The summed E-state index contributed by atoms with van der Waals surface area (Å²) in [4.78, 5) is 0. The molecular formula is C16H18BrNO2. The molecule has 0 radical (unpaired) electrons. The van der Waals surface area contributed by atoms with Gasteiger partial charge in [-0.1, -0.05) is 28.1 Å². The molecule has 0 aliphatic heterocycles. The van der Waals surface area contributed by atoms with Gasteiger partial charge in [-0.05, 0) is 41.5 Å². The van der Waals surface area contributed by atoms with Crippen LogP contribution in [0.1, 0.15) is 11.1 Å². The predicted molar refractivity (Wildman–Crippen MR) is 84.2 cm³/mol.